The maximum Gasteiger partial charge on any atom is 0.266 e. The number of amides is 1. The zero-order valence-corrected chi connectivity index (χ0v) is 13.4. The number of pyridine rings is 1. The van der Waals surface area contributed by atoms with Crippen LogP contribution in [-0.4, -0.2) is 28.9 Å². The number of aromatic nitrogens is 1. The third-order valence-corrected chi connectivity index (χ3v) is 5.61. The van der Waals surface area contributed by atoms with Crippen LogP contribution in [0.5, 0.6) is 0 Å². The van der Waals surface area contributed by atoms with Gasteiger partial charge in [-0.2, -0.15) is 0 Å². The van der Waals surface area contributed by atoms with Crippen LogP contribution in [0.2, 0.25) is 0 Å². The van der Waals surface area contributed by atoms with Crippen molar-refractivity contribution in [3.8, 4) is 0 Å². The molecule has 2 aromatic rings. The first-order chi connectivity index (χ1) is 10.1. The summed E-state index contributed by atoms with van der Waals surface area (Å²) in [6.45, 7) is 5.92. The minimum Gasteiger partial charge on any atom is -0.397 e. The summed E-state index contributed by atoms with van der Waals surface area (Å²) in [5.41, 5.74) is 7.90. The Morgan fingerprint density at radius 1 is 1.48 bits per heavy atom. The number of hydrogen-bond donors (Lipinski definition) is 1. The highest BCUT2D eigenvalue weighted by Crippen LogP contribution is 2.35. The highest BCUT2D eigenvalue weighted by molar-refractivity contribution is 7.21. The second-order valence-electron chi connectivity index (χ2n) is 5.80. The summed E-state index contributed by atoms with van der Waals surface area (Å²) in [7, 11) is 0. The average molecular weight is 303 g/mol. The van der Waals surface area contributed by atoms with Gasteiger partial charge in [0, 0.05) is 24.7 Å². The maximum atomic E-state index is 12.7. The fourth-order valence-corrected chi connectivity index (χ4v) is 4.16. The zero-order chi connectivity index (χ0) is 15.0. The Hall–Kier alpha value is -1.62. The number of aryl methyl sites for hydroxylation is 1. The number of rotatable bonds is 2. The van der Waals surface area contributed by atoms with Gasteiger partial charge >= 0.3 is 0 Å². The molecule has 0 aliphatic carbocycles. The molecule has 112 valence electrons. The minimum absolute atomic E-state index is 0.0736. The summed E-state index contributed by atoms with van der Waals surface area (Å²) < 4.78 is 0. The highest BCUT2D eigenvalue weighted by atomic mass is 32.1. The predicted octanol–water partition coefficient (Wildman–Crippen LogP) is 3.45. The van der Waals surface area contributed by atoms with Gasteiger partial charge in [-0.1, -0.05) is 13.3 Å². The summed E-state index contributed by atoms with van der Waals surface area (Å²) in [5.74, 6) is 0.835. The number of fused-ring (bicyclic) bond motifs is 1. The number of thiophene rings is 1. The number of piperidine rings is 1. The first-order valence-corrected chi connectivity index (χ1v) is 8.36. The molecule has 1 fully saturated rings. The predicted molar refractivity (Wildman–Crippen MR) is 87.7 cm³/mol. The Kier molecular flexibility index (Phi) is 3.85. The smallest absolute Gasteiger partial charge is 0.266 e. The quantitative estimate of drug-likeness (QED) is 0.924. The molecule has 0 bridgehead atoms. The van der Waals surface area contributed by atoms with Crippen LogP contribution in [0, 0.1) is 12.8 Å². The van der Waals surface area contributed by atoms with Crippen molar-refractivity contribution in [3.05, 3.63) is 22.7 Å². The van der Waals surface area contributed by atoms with Gasteiger partial charge in [0.05, 0.1) is 5.69 Å². The maximum absolute atomic E-state index is 12.7. The van der Waals surface area contributed by atoms with Crippen molar-refractivity contribution < 1.29 is 4.79 Å². The molecule has 1 amide bonds. The SMILES string of the molecule is CCC1CCN(C(=O)c2sc3nccc(C)c3c2N)CC1. The molecule has 2 N–H and O–H groups in total. The van der Waals surface area contributed by atoms with Gasteiger partial charge in [0.2, 0.25) is 0 Å². The molecule has 0 spiro atoms. The molecule has 21 heavy (non-hydrogen) atoms. The molecule has 0 unspecified atom stereocenters. The topological polar surface area (TPSA) is 59.2 Å². The van der Waals surface area contributed by atoms with Gasteiger partial charge in [-0.25, -0.2) is 4.98 Å². The van der Waals surface area contributed by atoms with Crippen molar-refractivity contribution in [3.63, 3.8) is 0 Å². The van der Waals surface area contributed by atoms with Crippen LogP contribution in [0.15, 0.2) is 12.3 Å². The normalized spacial score (nSPS) is 16.6. The van der Waals surface area contributed by atoms with Crippen LogP contribution >= 0.6 is 11.3 Å². The van der Waals surface area contributed by atoms with Gasteiger partial charge < -0.3 is 10.6 Å². The van der Waals surface area contributed by atoms with E-state index in [4.69, 9.17) is 5.73 Å². The van der Waals surface area contributed by atoms with E-state index in [1.165, 1.54) is 17.8 Å². The summed E-state index contributed by atoms with van der Waals surface area (Å²) in [4.78, 5) is 20.5. The molecule has 0 saturated carbocycles. The third kappa shape index (κ3) is 2.50. The van der Waals surface area contributed by atoms with Crippen LogP contribution < -0.4 is 5.73 Å². The van der Waals surface area contributed by atoms with Crippen molar-refractivity contribution in [2.45, 2.75) is 33.1 Å². The molecular formula is C16H21N3OS. The van der Waals surface area contributed by atoms with Crippen molar-refractivity contribution in [2.24, 2.45) is 5.92 Å². The van der Waals surface area contributed by atoms with E-state index in [9.17, 15) is 4.79 Å². The molecular weight excluding hydrogens is 282 g/mol. The standard InChI is InChI=1S/C16H21N3OS/c1-3-11-5-8-19(9-6-11)16(20)14-13(17)12-10(2)4-7-18-15(12)21-14/h4,7,11H,3,5-6,8-9,17H2,1-2H3. The van der Waals surface area contributed by atoms with E-state index in [1.807, 2.05) is 17.9 Å². The number of carbonyl (C=O) groups is 1. The van der Waals surface area contributed by atoms with E-state index in [-0.39, 0.29) is 5.91 Å². The van der Waals surface area contributed by atoms with Crippen LogP contribution in [0.25, 0.3) is 10.2 Å². The number of nitrogens with two attached hydrogens (primary N) is 1. The number of anilines is 1. The Morgan fingerprint density at radius 2 is 2.19 bits per heavy atom. The lowest BCUT2D eigenvalue weighted by molar-refractivity contribution is 0.0695. The Morgan fingerprint density at radius 3 is 2.81 bits per heavy atom. The summed E-state index contributed by atoms with van der Waals surface area (Å²) >= 11 is 1.42. The van der Waals surface area contributed by atoms with E-state index in [0.29, 0.717) is 10.6 Å². The Labute approximate surface area is 129 Å². The van der Waals surface area contributed by atoms with Gasteiger partial charge in [-0.15, -0.1) is 11.3 Å². The number of carbonyl (C=O) groups excluding carboxylic acids is 1. The van der Waals surface area contributed by atoms with Crippen molar-refractivity contribution in [1.82, 2.24) is 9.88 Å². The average Bonchev–Trinajstić information content (AvgIpc) is 2.85. The molecule has 3 rings (SSSR count). The second-order valence-corrected chi connectivity index (χ2v) is 6.80. The van der Waals surface area contributed by atoms with Gasteiger partial charge in [0.25, 0.3) is 5.91 Å². The fraction of sp³-hybridized carbons (Fsp3) is 0.500. The van der Waals surface area contributed by atoms with Crippen molar-refractivity contribution in [2.75, 3.05) is 18.8 Å². The lowest BCUT2D eigenvalue weighted by atomic mass is 9.94. The molecule has 1 saturated heterocycles. The molecule has 0 aromatic carbocycles. The molecule has 1 aliphatic rings. The first kappa shape index (κ1) is 14.3. The van der Waals surface area contributed by atoms with Crippen LogP contribution in [0.4, 0.5) is 5.69 Å². The molecule has 2 aromatic heterocycles. The molecule has 1 aliphatic heterocycles. The number of nitrogen functional groups attached to an aromatic ring is 1. The Balaban J connectivity index is 1.89. The van der Waals surface area contributed by atoms with Crippen LogP contribution in [-0.2, 0) is 0 Å². The van der Waals surface area contributed by atoms with Crippen molar-refractivity contribution >= 4 is 33.1 Å². The number of nitrogens with zero attached hydrogens (tertiary/aromatic N) is 2. The van der Waals surface area contributed by atoms with Crippen LogP contribution in [0.3, 0.4) is 0 Å². The van der Waals surface area contributed by atoms with E-state index < -0.39 is 0 Å². The van der Waals surface area contributed by atoms with Gasteiger partial charge in [-0.05, 0) is 37.3 Å². The summed E-state index contributed by atoms with van der Waals surface area (Å²) in [6, 6.07) is 1.94. The summed E-state index contributed by atoms with van der Waals surface area (Å²) in [6.07, 6.45) is 5.18. The lowest BCUT2D eigenvalue weighted by Gasteiger charge is -2.31. The molecule has 3 heterocycles. The highest BCUT2D eigenvalue weighted by Gasteiger charge is 2.26. The van der Waals surface area contributed by atoms with Gasteiger partial charge in [0.1, 0.15) is 9.71 Å². The third-order valence-electron chi connectivity index (χ3n) is 4.51. The van der Waals surface area contributed by atoms with Crippen LogP contribution in [0.1, 0.15) is 41.4 Å². The molecule has 0 radical (unpaired) electrons. The van der Waals surface area contributed by atoms with E-state index in [2.05, 4.69) is 11.9 Å². The van der Waals surface area contributed by atoms with E-state index in [1.54, 1.807) is 6.20 Å². The van der Waals surface area contributed by atoms with E-state index in [0.717, 1.165) is 47.6 Å². The largest absolute Gasteiger partial charge is 0.397 e. The number of likely N-dealkylation sites (tertiary alicyclic amines) is 1. The molecule has 0 atom stereocenters. The van der Waals surface area contributed by atoms with Crippen molar-refractivity contribution in [1.29, 1.82) is 0 Å². The molecule has 5 heteroatoms. The summed E-state index contributed by atoms with van der Waals surface area (Å²) in [5, 5.41) is 0.939. The zero-order valence-electron chi connectivity index (χ0n) is 12.6. The first-order valence-electron chi connectivity index (χ1n) is 7.54. The molecule has 4 nitrogen and oxygen atoms in total. The fourth-order valence-electron chi connectivity index (χ4n) is 3.05. The second kappa shape index (κ2) is 5.64. The van der Waals surface area contributed by atoms with E-state index >= 15 is 0 Å². The monoisotopic (exact) mass is 303 g/mol. The number of hydrogen-bond acceptors (Lipinski definition) is 4. The van der Waals surface area contributed by atoms with Gasteiger partial charge in [0.15, 0.2) is 0 Å². The minimum atomic E-state index is 0.0736. The Bertz CT molecular complexity index is 671. The van der Waals surface area contributed by atoms with Gasteiger partial charge in [-0.3, -0.25) is 4.79 Å². The lowest BCUT2D eigenvalue weighted by Crippen LogP contribution is -2.38.